The summed E-state index contributed by atoms with van der Waals surface area (Å²) in [5.41, 5.74) is 5.27. The van der Waals surface area contributed by atoms with Gasteiger partial charge in [-0.1, -0.05) is 75.2 Å². The molecule has 1 aliphatic heterocycles. The first-order valence-corrected chi connectivity index (χ1v) is 16.1. The van der Waals surface area contributed by atoms with Crippen LogP contribution in [-0.4, -0.2) is 79.0 Å². The Balaban J connectivity index is 1.15. The first kappa shape index (κ1) is 32.4. The number of allylic oxidation sites excluding steroid dienone is 2. The maximum Gasteiger partial charge on any atom is 0.407 e. The lowest BCUT2D eigenvalue weighted by Crippen LogP contribution is -2.51. The third-order valence-corrected chi connectivity index (χ3v) is 8.97. The van der Waals surface area contributed by atoms with Gasteiger partial charge < -0.3 is 24.8 Å². The molecule has 0 radical (unpaired) electrons. The van der Waals surface area contributed by atoms with E-state index in [0.717, 1.165) is 35.1 Å². The van der Waals surface area contributed by atoms with Gasteiger partial charge in [0.15, 0.2) is 5.78 Å². The Morgan fingerprint density at radius 1 is 1.02 bits per heavy atom. The highest BCUT2D eigenvalue weighted by molar-refractivity contribution is 6.22. The number of nitrogens with zero attached hydrogens (tertiary/aromatic N) is 2. The Morgan fingerprint density at radius 2 is 1.67 bits per heavy atom. The molecule has 5 rings (SSSR count). The number of fused-ring (bicyclic) bond motifs is 3. The molecule has 0 saturated carbocycles. The molecule has 1 saturated heterocycles. The van der Waals surface area contributed by atoms with E-state index in [1.54, 1.807) is 11.8 Å². The number of morpholine rings is 1. The number of hydrogen-bond acceptors (Lipinski definition) is 7. The van der Waals surface area contributed by atoms with Gasteiger partial charge in [-0.2, -0.15) is 0 Å². The standard InChI is InChI=1S/C36H45N3O6/c1-24(33-31(40)21-36(2,3)22-32(33)41)37-16-10-4-5-15-30(34(42)39-17-19-44-20-18-39)38-35(43)45-23-29-27-13-8-6-11-25(27)26-12-7-9-14-28(26)29/h6-9,11-14,29-30,40H,4-5,10,15-23H2,1-3H3,(H,38,43)/t30-/m1/s1. The number of carbonyl (C=O) groups excluding carboxylic acids is 3. The van der Waals surface area contributed by atoms with E-state index in [2.05, 4.69) is 34.6 Å². The molecule has 1 atom stereocenters. The minimum absolute atomic E-state index is 0.0613. The third-order valence-electron chi connectivity index (χ3n) is 8.97. The lowest BCUT2D eigenvalue weighted by molar-refractivity contribution is -0.137. The highest BCUT2D eigenvalue weighted by Gasteiger charge is 2.34. The summed E-state index contributed by atoms with van der Waals surface area (Å²) in [6.07, 6.45) is 3.00. The van der Waals surface area contributed by atoms with Crippen LogP contribution in [0.3, 0.4) is 0 Å². The zero-order chi connectivity index (χ0) is 32.0. The van der Waals surface area contributed by atoms with E-state index in [9.17, 15) is 19.5 Å². The van der Waals surface area contributed by atoms with E-state index in [4.69, 9.17) is 9.47 Å². The molecular formula is C36H45N3O6. The first-order valence-electron chi connectivity index (χ1n) is 16.1. The van der Waals surface area contributed by atoms with Crippen molar-refractivity contribution in [2.24, 2.45) is 10.4 Å². The van der Waals surface area contributed by atoms with Crippen LogP contribution in [0.2, 0.25) is 0 Å². The zero-order valence-electron chi connectivity index (χ0n) is 26.6. The van der Waals surface area contributed by atoms with Crippen LogP contribution in [0.15, 0.2) is 64.9 Å². The Hall–Kier alpha value is -3.98. The number of aliphatic imine (C=N–C) groups is 1. The van der Waals surface area contributed by atoms with Crippen LogP contribution < -0.4 is 5.32 Å². The van der Waals surface area contributed by atoms with Gasteiger partial charge in [0.1, 0.15) is 18.4 Å². The first-order chi connectivity index (χ1) is 21.6. The molecule has 1 fully saturated rings. The fourth-order valence-corrected chi connectivity index (χ4v) is 6.71. The van der Waals surface area contributed by atoms with Crippen molar-refractivity contribution in [1.82, 2.24) is 10.2 Å². The Labute approximate surface area is 265 Å². The highest BCUT2D eigenvalue weighted by Crippen LogP contribution is 2.44. The van der Waals surface area contributed by atoms with Gasteiger partial charge in [0.05, 0.1) is 18.8 Å². The van der Waals surface area contributed by atoms with E-state index in [0.29, 0.717) is 69.8 Å². The Bertz CT molecular complexity index is 1430. The number of ketones is 1. The maximum absolute atomic E-state index is 13.4. The molecule has 9 nitrogen and oxygen atoms in total. The van der Waals surface area contributed by atoms with Crippen molar-refractivity contribution in [2.75, 3.05) is 39.5 Å². The SMILES string of the molecule is CC(=NCCCCC[C@@H](NC(=O)OCC1c2ccccc2-c2ccccc21)C(=O)N1CCOCC1)C1=C(O)CC(C)(C)CC1=O. The summed E-state index contributed by atoms with van der Waals surface area (Å²) < 4.78 is 11.2. The van der Waals surface area contributed by atoms with Crippen LogP contribution in [-0.2, 0) is 19.1 Å². The molecule has 3 aliphatic rings. The molecule has 0 aromatic heterocycles. The molecule has 2 N–H and O–H groups in total. The van der Waals surface area contributed by atoms with Crippen LogP contribution in [0.25, 0.3) is 11.1 Å². The smallest absolute Gasteiger partial charge is 0.407 e. The quantitative estimate of drug-likeness (QED) is 0.237. The number of rotatable bonds is 11. The minimum Gasteiger partial charge on any atom is -0.511 e. The molecule has 45 heavy (non-hydrogen) atoms. The lowest BCUT2D eigenvalue weighted by atomic mass is 9.76. The van der Waals surface area contributed by atoms with Crippen LogP contribution in [0.1, 0.15) is 76.3 Å². The summed E-state index contributed by atoms with van der Waals surface area (Å²) in [5.74, 6) is -0.120. The van der Waals surface area contributed by atoms with Gasteiger partial charge in [0.2, 0.25) is 5.91 Å². The number of amides is 2. The van der Waals surface area contributed by atoms with Crippen LogP contribution in [0.5, 0.6) is 0 Å². The number of nitrogens with one attached hydrogen (secondary N) is 1. The summed E-state index contributed by atoms with van der Waals surface area (Å²) in [7, 11) is 0. The summed E-state index contributed by atoms with van der Waals surface area (Å²) in [6, 6.07) is 15.7. The van der Waals surface area contributed by atoms with Crippen LogP contribution in [0.4, 0.5) is 4.79 Å². The van der Waals surface area contributed by atoms with Crippen molar-refractivity contribution in [3.05, 3.63) is 71.0 Å². The molecular weight excluding hydrogens is 570 g/mol. The molecule has 2 aliphatic carbocycles. The molecule has 2 aromatic carbocycles. The van der Waals surface area contributed by atoms with Gasteiger partial charge in [-0.15, -0.1) is 0 Å². The number of aliphatic hydroxyl groups is 1. The second-order valence-electron chi connectivity index (χ2n) is 13.0. The highest BCUT2D eigenvalue weighted by atomic mass is 16.5. The second-order valence-corrected chi connectivity index (χ2v) is 13.0. The number of alkyl carbamates (subject to hydrolysis) is 1. The normalized spacial score (nSPS) is 18.8. The van der Waals surface area contributed by atoms with Crippen molar-refractivity contribution >= 4 is 23.5 Å². The Morgan fingerprint density at radius 3 is 2.31 bits per heavy atom. The van der Waals surface area contributed by atoms with Gasteiger partial charge >= 0.3 is 6.09 Å². The van der Waals surface area contributed by atoms with Gasteiger partial charge in [-0.05, 0) is 47.4 Å². The van der Waals surface area contributed by atoms with Crippen molar-refractivity contribution in [2.45, 2.75) is 71.3 Å². The molecule has 240 valence electrons. The van der Waals surface area contributed by atoms with E-state index < -0.39 is 12.1 Å². The molecule has 2 aromatic rings. The van der Waals surface area contributed by atoms with Crippen molar-refractivity contribution in [3.8, 4) is 11.1 Å². The van der Waals surface area contributed by atoms with E-state index in [1.165, 1.54) is 0 Å². The average Bonchev–Trinajstić information content (AvgIpc) is 3.33. The number of aliphatic hydroxyl groups excluding tert-OH is 1. The number of Topliss-reactive ketones (excluding diaryl/α,β-unsaturated/α-hetero) is 1. The predicted octanol–water partition coefficient (Wildman–Crippen LogP) is 5.98. The molecule has 2 amide bonds. The van der Waals surface area contributed by atoms with E-state index >= 15 is 0 Å². The second kappa shape index (κ2) is 14.4. The molecule has 1 heterocycles. The number of carbonyl (C=O) groups is 3. The maximum atomic E-state index is 13.4. The number of unbranched alkanes of at least 4 members (excludes halogenated alkanes) is 2. The monoisotopic (exact) mass is 615 g/mol. The number of ether oxygens (including phenoxy) is 2. The minimum atomic E-state index is -0.700. The third kappa shape index (κ3) is 7.82. The van der Waals surface area contributed by atoms with Crippen molar-refractivity contribution in [1.29, 1.82) is 0 Å². The fourth-order valence-electron chi connectivity index (χ4n) is 6.71. The average molecular weight is 616 g/mol. The lowest BCUT2D eigenvalue weighted by Gasteiger charge is -2.30. The number of benzene rings is 2. The molecule has 0 bridgehead atoms. The topological polar surface area (TPSA) is 118 Å². The van der Waals surface area contributed by atoms with Crippen LogP contribution >= 0.6 is 0 Å². The summed E-state index contributed by atoms with van der Waals surface area (Å²) in [6.45, 7) is 8.37. The zero-order valence-corrected chi connectivity index (χ0v) is 26.6. The Kier molecular flexibility index (Phi) is 10.4. The summed E-state index contributed by atoms with van der Waals surface area (Å²) in [4.78, 5) is 45.4. The summed E-state index contributed by atoms with van der Waals surface area (Å²) in [5, 5.41) is 13.3. The largest absolute Gasteiger partial charge is 0.511 e. The fraction of sp³-hybridized carbons (Fsp3) is 0.500. The van der Waals surface area contributed by atoms with Gasteiger partial charge in [0.25, 0.3) is 0 Å². The predicted molar refractivity (Wildman–Crippen MR) is 174 cm³/mol. The van der Waals surface area contributed by atoms with E-state index in [1.807, 2.05) is 38.1 Å². The van der Waals surface area contributed by atoms with Gasteiger partial charge in [0, 0.05) is 44.1 Å². The molecule has 0 unspecified atom stereocenters. The van der Waals surface area contributed by atoms with Crippen LogP contribution in [0, 0.1) is 5.41 Å². The van der Waals surface area contributed by atoms with Crippen molar-refractivity contribution in [3.63, 3.8) is 0 Å². The van der Waals surface area contributed by atoms with Gasteiger partial charge in [-0.3, -0.25) is 14.6 Å². The summed E-state index contributed by atoms with van der Waals surface area (Å²) >= 11 is 0. The van der Waals surface area contributed by atoms with E-state index in [-0.39, 0.29) is 35.4 Å². The molecule has 0 spiro atoms. The van der Waals surface area contributed by atoms with Crippen molar-refractivity contribution < 1.29 is 29.0 Å². The van der Waals surface area contributed by atoms with Gasteiger partial charge in [-0.25, -0.2) is 4.79 Å². The molecule has 9 heteroatoms. The number of hydrogen-bond donors (Lipinski definition) is 2.